The summed E-state index contributed by atoms with van der Waals surface area (Å²) >= 11 is 0. The minimum atomic E-state index is 0.102. The molecule has 1 unspecified atom stereocenters. The minimum absolute atomic E-state index is 0.102. The Morgan fingerprint density at radius 2 is 1.85 bits per heavy atom. The van der Waals surface area contributed by atoms with Gasteiger partial charge in [-0.3, -0.25) is 4.79 Å². The van der Waals surface area contributed by atoms with Gasteiger partial charge in [-0.15, -0.1) is 0 Å². The smallest absolute Gasteiger partial charge is 0.220 e. The first-order valence-corrected chi connectivity index (χ1v) is 7.29. The summed E-state index contributed by atoms with van der Waals surface area (Å²) in [6, 6.07) is 9.73. The number of aryl methyl sites for hydroxylation is 1. The lowest BCUT2D eigenvalue weighted by Gasteiger charge is -2.15. The van der Waals surface area contributed by atoms with Gasteiger partial charge in [0.05, 0.1) is 11.6 Å². The monoisotopic (exact) mass is 272 g/mol. The number of carbonyl (C=O) groups is 1. The summed E-state index contributed by atoms with van der Waals surface area (Å²) in [6.45, 7) is 6.45. The van der Waals surface area contributed by atoms with Crippen molar-refractivity contribution in [3.05, 3.63) is 35.4 Å². The number of hydrogen-bond acceptors (Lipinski definition) is 2. The number of hydrogen-bond donors (Lipinski definition) is 1. The molecule has 0 spiro atoms. The van der Waals surface area contributed by atoms with E-state index in [9.17, 15) is 4.79 Å². The molecule has 0 heterocycles. The minimum Gasteiger partial charge on any atom is -0.354 e. The van der Waals surface area contributed by atoms with Gasteiger partial charge in [0, 0.05) is 12.5 Å². The van der Waals surface area contributed by atoms with Crippen LogP contribution in [0, 0.1) is 17.2 Å². The van der Waals surface area contributed by atoms with E-state index in [0.717, 1.165) is 18.4 Å². The summed E-state index contributed by atoms with van der Waals surface area (Å²) in [5.41, 5.74) is 1.74. The largest absolute Gasteiger partial charge is 0.354 e. The molecule has 1 aromatic carbocycles. The van der Waals surface area contributed by atoms with E-state index in [1.807, 2.05) is 12.1 Å². The van der Waals surface area contributed by atoms with Crippen molar-refractivity contribution < 1.29 is 4.79 Å². The number of benzene rings is 1. The zero-order valence-electron chi connectivity index (χ0n) is 12.6. The average molecular weight is 272 g/mol. The van der Waals surface area contributed by atoms with E-state index in [4.69, 9.17) is 5.26 Å². The molecule has 1 amide bonds. The maximum Gasteiger partial charge on any atom is 0.220 e. The number of nitriles is 1. The molecule has 0 aliphatic carbocycles. The first-order chi connectivity index (χ1) is 9.51. The lowest BCUT2D eigenvalue weighted by atomic mass is 10.0. The Labute approximate surface area is 122 Å². The molecule has 0 aromatic heterocycles. The third-order valence-electron chi connectivity index (χ3n) is 3.31. The van der Waals surface area contributed by atoms with Crippen LogP contribution in [0.15, 0.2) is 24.3 Å². The third-order valence-corrected chi connectivity index (χ3v) is 3.31. The highest BCUT2D eigenvalue weighted by Gasteiger charge is 2.08. The van der Waals surface area contributed by atoms with Gasteiger partial charge >= 0.3 is 0 Å². The Kier molecular flexibility index (Phi) is 6.79. The van der Waals surface area contributed by atoms with Crippen molar-refractivity contribution in [1.29, 1.82) is 5.26 Å². The van der Waals surface area contributed by atoms with Crippen molar-refractivity contribution in [2.75, 3.05) is 0 Å². The first-order valence-electron chi connectivity index (χ1n) is 7.29. The highest BCUT2D eigenvalue weighted by molar-refractivity contribution is 5.76. The van der Waals surface area contributed by atoms with E-state index in [1.165, 1.54) is 0 Å². The predicted molar refractivity (Wildman–Crippen MR) is 81.2 cm³/mol. The van der Waals surface area contributed by atoms with Gasteiger partial charge in [0.15, 0.2) is 0 Å². The molecule has 0 fully saturated rings. The molecule has 1 aromatic rings. The van der Waals surface area contributed by atoms with E-state index in [2.05, 4.69) is 32.2 Å². The van der Waals surface area contributed by atoms with Crippen molar-refractivity contribution in [1.82, 2.24) is 5.32 Å². The Hall–Kier alpha value is -1.82. The van der Waals surface area contributed by atoms with Gasteiger partial charge < -0.3 is 5.32 Å². The second-order valence-corrected chi connectivity index (χ2v) is 5.75. The number of rotatable bonds is 7. The Morgan fingerprint density at radius 3 is 2.40 bits per heavy atom. The molecule has 0 bridgehead atoms. The molecular formula is C17H24N2O. The lowest BCUT2D eigenvalue weighted by molar-refractivity contribution is -0.121. The summed E-state index contributed by atoms with van der Waals surface area (Å²) in [4.78, 5) is 11.8. The molecule has 108 valence electrons. The van der Waals surface area contributed by atoms with Crippen LogP contribution in [-0.4, -0.2) is 11.9 Å². The zero-order chi connectivity index (χ0) is 15.0. The molecular weight excluding hydrogens is 248 g/mol. The summed E-state index contributed by atoms with van der Waals surface area (Å²) in [7, 11) is 0. The molecule has 20 heavy (non-hydrogen) atoms. The summed E-state index contributed by atoms with van der Waals surface area (Å²) < 4.78 is 0. The van der Waals surface area contributed by atoms with Crippen LogP contribution >= 0.6 is 0 Å². The van der Waals surface area contributed by atoms with Crippen LogP contribution in [0.25, 0.3) is 0 Å². The predicted octanol–water partition coefficient (Wildman–Crippen LogP) is 3.43. The quantitative estimate of drug-likeness (QED) is 0.826. The average Bonchev–Trinajstić information content (AvgIpc) is 2.43. The topological polar surface area (TPSA) is 52.9 Å². The van der Waals surface area contributed by atoms with E-state index in [0.29, 0.717) is 24.3 Å². The summed E-state index contributed by atoms with van der Waals surface area (Å²) in [6.07, 6.45) is 3.38. The van der Waals surface area contributed by atoms with Gasteiger partial charge in [-0.2, -0.15) is 5.26 Å². The number of amides is 1. The normalized spacial score (nSPS) is 11.9. The van der Waals surface area contributed by atoms with Crippen LogP contribution in [0.1, 0.15) is 51.2 Å². The van der Waals surface area contributed by atoms with Gasteiger partial charge in [0.25, 0.3) is 0 Å². The van der Waals surface area contributed by atoms with Crippen LogP contribution in [-0.2, 0) is 11.2 Å². The number of nitrogens with one attached hydrogen (secondary N) is 1. The lowest BCUT2D eigenvalue weighted by Crippen LogP contribution is -2.32. The SMILES string of the molecule is CC(C)CCC(C)NC(=O)CCc1ccc(C#N)cc1. The van der Waals surface area contributed by atoms with Gasteiger partial charge in [-0.05, 0) is 49.8 Å². The zero-order valence-corrected chi connectivity index (χ0v) is 12.6. The van der Waals surface area contributed by atoms with E-state index in [1.54, 1.807) is 12.1 Å². The van der Waals surface area contributed by atoms with Crippen molar-refractivity contribution in [3.63, 3.8) is 0 Å². The van der Waals surface area contributed by atoms with Crippen LogP contribution in [0.4, 0.5) is 0 Å². The van der Waals surface area contributed by atoms with Gasteiger partial charge in [-0.1, -0.05) is 26.0 Å². The maximum atomic E-state index is 11.8. The Morgan fingerprint density at radius 1 is 1.20 bits per heavy atom. The Balaban J connectivity index is 2.30. The van der Waals surface area contributed by atoms with E-state index in [-0.39, 0.29) is 11.9 Å². The highest BCUT2D eigenvalue weighted by Crippen LogP contribution is 2.08. The highest BCUT2D eigenvalue weighted by atomic mass is 16.1. The molecule has 0 radical (unpaired) electrons. The van der Waals surface area contributed by atoms with Crippen molar-refractivity contribution in [2.24, 2.45) is 5.92 Å². The van der Waals surface area contributed by atoms with Crippen molar-refractivity contribution >= 4 is 5.91 Å². The molecule has 1 N–H and O–H groups in total. The van der Waals surface area contributed by atoms with Crippen LogP contribution in [0.3, 0.4) is 0 Å². The van der Waals surface area contributed by atoms with Gasteiger partial charge in [0.1, 0.15) is 0 Å². The van der Waals surface area contributed by atoms with Gasteiger partial charge in [-0.25, -0.2) is 0 Å². The molecule has 1 atom stereocenters. The fourth-order valence-corrected chi connectivity index (χ4v) is 2.01. The molecule has 0 aliphatic rings. The molecule has 0 saturated heterocycles. The fraction of sp³-hybridized carbons (Fsp3) is 0.529. The van der Waals surface area contributed by atoms with Crippen LogP contribution in [0.2, 0.25) is 0 Å². The Bertz CT molecular complexity index is 457. The summed E-state index contributed by atoms with van der Waals surface area (Å²) in [5, 5.41) is 11.8. The van der Waals surface area contributed by atoms with Crippen molar-refractivity contribution in [2.45, 2.75) is 52.5 Å². The fourth-order valence-electron chi connectivity index (χ4n) is 2.01. The van der Waals surface area contributed by atoms with Crippen LogP contribution < -0.4 is 5.32 Å². The van der Waals surface area contributed by atoms with Crippen LogP contribution in [0.5, 0.6) is 0 Å². The maximum absolute atomic E-state index is 11.8. The number of nitrogens with zero attached hydrogens (tertiary/aromatic N) is 1. The molecule has 0 aliphatic heterocycles. The standard InChI is InChI=1S/C17H24N2O/c1-13(2)4-5-14(3)19-17(20)11-10-15-6-8-16(12-18)9-7-15/h6-9,13-14H,4-5,10-11H2,1-3H3,(H,19,20). The number of carbonyl (C=O) groups excluding carboxylic acids is 1. The van der Waals surface area contributed by atoms with Crippen molar-refractivity contribution in [3.8, 4) is 6.07 Å². The second-order valence-electron chi connectivity index (χ2n) is 5.75. The first kappa shape index (κ1) is 16.2. The molecule has 1 rings (SSSR count). The molecule has 0 saturated carbocycles. The second kappa shape index (κ2) is 8.37. The summed E-state index contributed by atoms with van der Waals surface area (Å²) in [5.74, 6) is 0.776. The molecule has 3 nitrogen and oxygen atoms in total. The molecule has 3 heteroatoms. The third kappa shape index (κ3) is 6.38. The van der Waals surface area contributed by atoms with Gasteiger partial charge in [0.2, 0.25) is 5.91 Å². The van der Waals surface area contributed by atoms with E-state index < -0.39 is 0 Å². The van der Waals surface area contributed by atoms with E-state index >= 15 is 0 Å².